The Morgan fingerprint density at radius 3 is 2.65 bits per heavy atom. The Hall–Kier alpha value is -3.23. The topological polar surface area (TPSA) is 73.3 Å². The average molecular weight is 452 g/mol. The number of hydrogen-bond acceptors (Lipinski definition) is 7. The van der Waals surface area contributed by atoms with Crippen molar-refractivity contribution in [3.8, 4) is 22.8 Å². The number of anilines is 1. The molecule has 0 aliphatic rings. The third-order valence-electron chi connectivity index (χ3n) is 4.46. The summed E-state index contributed by atoms with van der Waals surface area (Å²) in [7, 11) is 1.63. The van der Waals surface area contributed by atoms with Crippen molar-refractivity contribution in [2.45, 2.75) is 20.0 Å². The predicted molar refractivity (Wildman–Crippen MR) is 124 cm³/mol. The van der Waals surface area contributed by atoms with Crippen LogP contribution in [0.15, 0.2) is 59.3 Å². The summed E-state index contributed by atoms with van der Waals surface area (Å²) in [6.07, 6.45) is 0.185. The molecule has 2 heterocycles. The van der Waals surface area contributed by atoms with E-state index in [1.807, 2.05) is 66.2 Å². The summed E-state index contributed by atoms with van der Waals surface area (Å²) >= 11 is 2.86. The van der Waals surface area contributed by atoms with E-state index in [0.717, 1.165) is 27.8 Å². The van der Waals surface area contributed by atoms with Crippen LogP contribution < -0.4 is 14.8 Å². The maximum Gasteiger partial charge on any atom is 0.232 e. The van der Waals surface area contributed by atoms with E-state index < -0.39 is 0 Å². The van der Waals surface area contributed by atoms with Gasteiger partial charge in [0.05, 0.1) is 24.9 Å². The van der Waals surface area contributed by atoms with Crippen molar-refractivity contribution in [3.05, 3.63) is 75.6 Å². The van der Waals surface area contributed by atoms with Crippen LogP contribution in [0.5, 0.6) is 11.5 Å². The van der Waals surface area contributed by atoms with E-state index in [-0.39, 0.29) is 12.3 Å². The van der Waals surface area contributed by atoms with Gasteiger partial charge in [-0.2, -0.15) is 0 Å². The number of nitrogens with zero attached hydrogens (tertiary/aromatic N) is 2. The first-order valence-corrected chi connectivity index (χ1v) is 11.4. The zero-order valence-corrected chi connectivity index (χ0v) is 18.8. The maximum absolute atomic E-state index is 12.4. The van der Waals surface area contributed by atoms with Crippen molar-refractivity contribution in [1.29, 1.82) is 0 Å². The van der Waals surface area contributed by atoms with Gasteiger partial charge in [-0.15, -0.1) is 22.7 Å². The van der Waals surface area contributed by atoms with E-state index >= 15 is 0 Å². The normalized spacial score (nSPS) is 10.6. The first-order chi connectivity index (χ1) is 15.1. The molecule has 8 heteroatoms. The average Bonchev–Trinajstić information content (AvgIpc) is 3.43. The molecule has 0 fully saturated rings. The van der Waals surface area contributed by atoms with Gasteiger partial charge in [-0.25, -0.2) is 9.97 Å². The van der Waals surface area contributed by atoms with Gasteiger partial charge in [-0.3, -0.25) is 4.79 Å². The minimum Gasteiger partial charge on any atom is -0.496 e. The molecule has 158 valence electrons. The molecule has 0 spiro atoms. The Morgan fingerprint density at radius 2 is 1.84 bits per heavy atom. The maximum atomic E-state index is 12.4. The molecule has 0 aliphatic carbocycles. The van der Waals surface area contributed by atoms with Gasteiger partial charge in [0.15, 0.2) is 5.13 Å². The summed E-state index contributed by atoms with van der Waals surface area (Å²) in [5, 5.41) is 8.01. The molecule has 0 bridgehead atoms. The van der Waals surface area contributed by atoms with Crippen LogP contribution in [-0.2, 0) is 17.8 Å². The van der Waals surface area contributed by atoms with Crippen molar-refractivity contribution < 1.29 is 14.3 Å². The molecule has 0 saturated heterocycles. The van der Waals surface area contributed by atoms with Crippen LogP contribution in [0.1, 0.15) is 16.3 Å². The quantitative estimate of drug-likeness (QED) is 0.391. The van der Waals surface area contributed by atoms with Gasteiger partial charge in [0.1, 0.15) is 23.1 Å². The van der Waals surface area contributed by atoms with Gasteiger partial charge >= 0.3 is 0 Å². The number of ether oxygens (including phenoxy) is 2. The van der Waals surface area contributed by atoms with Gasteiger partial charge in [-0.05, 0) is 31.2 Å². The van der Waals surface area contributed by atoms with Gasteiger partial charge in [0, 0.05) is 16.3 Å². The van der Waals surface area contributed by atoms with Gasteiger partial charge < -0.3 is 14.8 Å². The molecule has 0 radical (unpaired) electrons. The number of hydrogen-bond donors (Lipinski definition) is 1. The first-order valence-electron chi connectivity index (χ1n) is 9.62. The predicted octanol–water partition coefficient (Wildman–Crippen LogP) is 5.34. The Kier molecular flexibility index (Phi) is 6.59. The van der Waals surface area contributed by atoms with E-state index in [9.17, 15) is 4.79 Å². The van der Waals surface area contributed by atoms with E-state index in [0.29, 0.717) is 17.4 Å². The van der Waals surface area contributed by atoms with Crippen LogP contribution in [0.2, 0.25) is 0 Å². The second-order valence-electron chi connectivity index (χ2n) is 6.80. The van der Waals surface area contributed by atoms with Gasteiger partial charge in [-0.1, -0.05) is 29.8 Å². The molecule has 2 aromatic heterocycles. The van der Waals surface area contributed by atoms with Gasteiger partial charge in [0.2, 0.25) is 5.91 Å². The Bertz CT molecular complexity index is 1170. The summed E-state index contributed by atoms with van der Waals surface area (Å²) in [5.74, 6) is 1.39. The number of benzene rings is 2. The number of aryl methyl sites for hydroxylation is 1. The fraction of sp³-hybridized carbons (Fsp3) is 0.174. The van der Waals surface area contributed by atoms with Crippen molar-refractivity contribution >= 4 is 33.7 Å². The lowest BCUT2D eigenvalue weighted by Gasteiger charge is -2.05. The number of carbonyl (C=O) groups excluding carboxylic acids is 1. The monoisotopic (exact) mass is 451 g/mol. The summed E-state index contributed by atoms with van der Waals surface area (Å²) in [6.45, 7) is 2.41. The molecule has 0 unspecified atom stereocenters. The zero-order valence-electron chi connectivity index (χ0n) is 17.1. The van der Waals surface area contributed by atoms with Crippen LogP contribution in [0.4, 0.5) is 5.13 Å². The smallest absolute Gasteiger partial charge is 0.232 e. The van der Waals surface area contributed by atoms with E-state index in [1.54, 1.807) is 7.11 Å². The SMILES string of the molecule is COc1ccccc1-c1csc(NC(=O)Cc2csc(COc3ccc(C)cc3)n2)n1. The summed E-state index contributed by atoms with van der Waals surface area (Å²) in [5.41, 5.74) is 3.55. The third kappa shape index (κ3) is 5.48. The van der Waals surface area contributed by atoms with Crippen LogP contribution in [0.3, 0.4) is 0 Å². The zero-order chi connectivity index (χ0) is 21.6. The number of methoxy groups -OCH3 is 1. The molecular formula is C23H21N3O3S2. The number of rotatable bonds is 8. The highest BCUT2D eigenvalue weighted by Crippen LogP contribution is 2.31. The fourth-order valence-corrected chi connectivity index (χ4v) is 4.35. The van der Waals surface area contributed by atoms with Crippen molar-refractivity contribution in [2.75, 3.05) is 12.4 Å². The summed E-state index contributed by atoms with van der Waals surface area (Å²) in [6, 6.07) is 15.5. The number of thiazole rings is 2. The van der Waals surface area contributed by atoms with E-state index in [2.05, 4.69) is 15.3 Å². The molecule has 4 rings (SSSR count). The van der Waals surface area contributed by atoms with Crippen molar-refractivity contribution in [3.63, 3.8) is 0 Å². The summed E-state index contributed by atoms with van der Waals surface area (Å²) in [4.78, 5) is 21.4. The Morgan fingerprint density at radius 1 is 1.03 bits per heavy atom. The van der Waals surface area contributed by atoms with Crippen LogP contribution in [0, 0.1) is 6.92 Å². The highest BCUT2D eigenvalue weighted by atomic mass is 32.1. The molecule has 0 atom stereocenters. The molecule has 4 aromatic rings. The Balaban J connectivity index is 1.32. The van der Waals surface area contributed by atoms with Crippen LogP contribution in [-0.4, -0.2) is 23.0 Å². The second-order valence-corrected chi connectivity index (χ2v) is 8.60. The molecule has 2 aromatic carbocycles. The van der Waals surface area contributed by atoms with E-state index in [4.69, 9.17) is 9.47 Å². The standard InChI is InChI=1S/C23H21N3O3S2/c1-15-7-9-17(10-8-15)29-12-22-24-16(13-30-22)11-21(27)26-23-25-19(14-31-23)18-5-3-4-6-20(18)28-2/h3-10,13-14H,11-12H2,1-2H3,(H,25,26,27). The van der Waals surface area contributed by atoms with Crippen molar-refractivity contribution in [1.82, 2.24) is 9.97 Å². The number of carbonyl (C=O) groups is 1. The lowest BCUT2D eigenvalue weighted by Crippen LogP contribution is -2.14. The first kappa shape index (κ1) is 21.0. The van der Waals surface area contributed by atoms with Crippen molar-refractivity contribution in [2.24, 2.45) is 0 Å². The number of para-hydroxylation sites is 1. The second kappa shape index (κ2) is 9.72. The number of aromatic nitrogens is 2. The molecule has 1 amide bonds. The van der Waals surface area contributed by atoms with Gasteiger partial charge in [0.25, 0.3) is 0 Å². The highest BCUT2D eigenvalue weighted by Gasteiger charge is 2.13. The molecular weight excluding hydrogens is 430 g/mol. The largest absolute Gasteiger partial charge is 0.496 e. The van der Waals surface area contributed by atoms with Crippen LogP contribution in [0.25, 0.3) is 11.3 Å². The highest BCUT2D eigenvalue weighted by molar-refractivity contribution is 7.14. The van der Waals surface area contributed by atoms with E-state index in [1.165, 1.54) is 28.2 Å². The summed E-state index contributed by atoms with van der Waals surface area (Å²) < 4.78 is 11.1. The molecule has 0 saturated carbocycles. The Labute approximate surface area is 188 Å². The lowest BCUT2D eigenvalue weighted by atomic mass is 10.1. The molecule has 6 nitrogen and oxygen atoms in total. The lowest BCUT2D eigenvalue weighted by molar-refractivity contribution is -0.115. The number of amides is 1. The minimum atomic E-state index is -0.155. The third-order valence-corrected chi connectivity index (χ3v) is 6.09. The molecule has 1 N–H and O–H groups in total. The molecule has 31 heavy (non-hydrogen) atoms. The number of nitrogens with one attached hydrogen (secondary N) is 1. The van der Waals surface area contributed by atoms with Crippen LogP contribution >= 0.6 is 22.7 Å². The minimum absolute atomic E-state index is 0.155. The fourth-order valence-electron chi connectivity index (χ4n) is 2.92. The molecule has 0 aliphatic heterocycles.